The SMILES string of the molecule is COc1ccccc1OCCNC(=O)CSCc1cc(C)cc(C)c1. The lowest BCUT2D eigenvalue weighted by Gasteiger charge is -2.11. The number of methoxy groups -OCH3 is 1. The molecule has 0 spiro atoms. The lowest BCUT2D eigenvalue weighted by Crippen LogP contribution is -2.29. The highest BCUT2D eigenvalue weighted by Gasteiger charge is 2.05. The van der Waals surface area contributed by atoms with E-state index in [1.807, 2.05) is 24.3 Å². The molecule has 1 amide bonds. The number of carbonyl (C=O) groups is 1. The van der Waals surface area contributed by atoms with Crippen LogP contribution in [0.25, 0.3) is 0 Å². The Kier molecular flexibility index (Phi) is 7.67. The summed E-state index contributed by atoms with van der Waals surface area (Å²) in [6.45, 7) is 5.07. The smallest absolute Gasteiger partial charge is 0.230 e. The number of thioether (sulfide) groups is 1. The third-order valence-corrected chi connectivity index (χ3v) is 4.54. The molecule has 0 saturated carbocycles. The van der Waals surface area contributed by atoms with E-state index >= 15 is 0 Å². The van der Waals surface area contributed by atoms with Gasteiger partial charge in [-0.1, -0.05) is 41.5 Å². The van der Waals surface area contributed by atoms with E-state index < -0.39 is 0 Å². The van der Waals surface area contributed by atoms with Crippen molar-refractivity contribution in [3.8, 4) is 11.5 Å². The molecule has 0 aliphatic rings. The fourth-order valence-electron chi connectivity index (χ4n) is 2.55. The summed E-state index contributed by atoms with van der Waals surface area (Å²) in [4.78, 5) is 11.9. The van der Waals surface area contributed by atoms with Gasteiger partial charge in [-0.3, -0.25) is 4.79 Å². The van der Waals surface area contributed by atoms with Crippen LogP contribution in [-0.2, 0) is 10.5 Å². The number of benzene rings is 2. The lowest BCUT2D eigenvalue weighted by molar-refractivity contribution is -0.118. The van der Waals surface area contributed by atoms with Gasteiger partial charge in [0, 0.05) is 5.75 Å². The fraction of sp³-hybridized carbons (Fsp3) is 0.350. The van der Waals surface area contributed by atoms with Crippen LogP contribution in [0.3, 0.4) is 0 Å². The molecule has 25 heavy (non-hydrogen) atoms. The first-order valence-corrected chi connectivity index (χ1v) is 9.41. The quantitative estimate of drug-likeness (QED) is 0.693. The molecular formula is C20H25NO3S. The highest BCUT2D eigenvalue weighted by atomic mass is 32.2. The van der Waals surface area contributed by atoms with Crippen LogP contribution in [0.15, 0.2) is 42.5 Å². The van der Waals surface area contributed by atoms with Gasteiger partial charge in [0.2, 0.25) is 5.91 Å². The van der Waals surface area contributed by atoms with Crippen molar-refractivity contribution in [1.82, 2.24) is 5.32 Å². The lowest BCUT2D eigenvalue weighted by atomic mass is 10.1. The van der Waals surface area contributed by atoms with Crippen LogP contribution in [0.5, 0.6) is 11.5 Å². The molecule has 0 aliphatic carbocycles. The number of amides is 1. The van der Waals surface area contributed by atoms with E-state index in [4.69, 9.17) is 9.47 Å². The summed E-state index contributed by atoms with van der Waals surface area (Å²) in [7, 11) is 1.61. The molecule has 1 N–H and O–H groups in total. The van der Waals surface area contributed by atoms with Crippen LogP contribution in [0.4, 0.5) is 0 Å². The maximum absolute atomic E-state index is 11.9. The molecule has 2 aromatic rings. The van der Waals surface area contributed by atoms with Gasteiger partial charge in [0.25, 0.3) is 0 Å². The average molecular weight is 359 g/mol. The topological polar surface area (TPSA) is 47.6 Å². The number of para-hydroxylation sites is 2. The van der Waals surface area contributed by atoms with Crippen molar-refractivity contribution in [2.45, 2.75) is 19.6 Å². The van der Waals surface area contributed by atoms with Gasteiger partial charge >= 0.3 is 0 Å². The number of nitrogens with one attached hydrogen (secondary N) is 1. The second-order valence-corrected chi connectivity index (χ2v) is 6.82. The number of hydrogen-bond donors (Lipinski definition) is 1. The number of rotatable bonds is 9. The van der Waals surface area contributed by atoms with Gasteiger partial charge in [0.15, 0.2) is 11.5 Å². The Balaban J connectivity index is 1.64. The zero-order valence-electron chi connectivity index (χ0n) is 15.0. The van der Waals surface area contributed by atoms with Crippen LogP contribution in [-0.4, -0.2) is 31.9 Å². The van der Waals surface area contributed by atoms with E-state index in [-0.39, 0.29) is 5.91 Å². The molecule has 0 heterocycles. The van der Waals surface area contributed by atoms with Crippen molar-refractivity contribution in [1.29, 1.82) is 0 Å². The molecule has 0 radical (unpaired) electrons. The number of carbonyl (C=O) groups excluding carboxylic acids is 1. The first-order chi connectivity index (χ1) is 12.1. The Labute approximate surface area is 153 Å². The van der Waals surface area contributed by atoms with Crippen LogP contribution in [0.2, 0.25) is 0 Å². The maximum Gasteiger partial charge on any atom is 0.230 e. The Morgan fingerprint density at radius 3 is 2.44 bits per heavy atom. The standard InChI is InChI=1S/C20H25NO3S/c1-15-10-16(2)12-17(11-15)13-25-14-20(22)21-8-9-24-19-7-5-4-6-18(19)23-3/h4-7,10-12H,8-9,13-14H2,1-3H3,(H,21,22). The van der Waals surface area contributed by atoms with Gasteiger partial charge in [-0.2, -0.15) is 0 Å². The maximum atomic E-state index is 11.9. The molecule has 0 aromatic heterocycles. The third-order valence-electron chi connectivity index (χ3n) is 3.53. The molecule has 0 saturated heterocycles. The molecule has 0 aliphatic heterocycles. The molecule has 134 valence electrons. The summed E-state index contributed by atoms with van der Waals surface area (Å²) >= 11 is 1.62. The molecule has 2 aromatic carbocycles. The molecule has 4 nitrogen and oxygen atoms in total. The van der Waals surface area contributed by atoms with Crippen molar-refractivity contribution in [3.05, 3.63) is 59.2 Å². The average Bonchev–Trinajstić information content (AvgIpc) is 2.58. The van der Waals surface area contributed by atoms with Gasteiger partial charge in [-0.25, -0.2) is 0 Å². The summed E-state index contributed by atoms with van der Waals surface area (Å²) in [5, 5.41) is 2.87. The molecule has 5 heteroatoms. The summed E-state index contributed by atoms with van der Waals surface area (Å²) in [6, 6.07) is 14.0. The predicted molar refractivity (Wildman–Crippen MR) is 104 cm³/mol. The van der Waals surface area contributed by atoms with E-state index in [9.17, 15) is 4.79 Å². The zero-order valence-corrected chi connectivity index (χ0v) is 15.8. The molecule has 2 rings (SSSR count). The van der Waals surface area contributed by atoms with E-state index in [1.165, 1.54) is 16.7 Å². The zero-order chi connectivity index (χ0) is 18.1. The van der Waals surface area contributed by atoms with Crippen LogP contribution in [0, 0.1) is 13.8 Å². The van der Waals surface area contributed by atoms with Crippen molar-refractivity contribution < 1.29 is 14.3 Å². The second-order valence-electron chi connectivity index (χ2n) is 5.84. The number of hydrogen-bond acceptors (Lipinski definition) is 4. The largest absolute Gasteiger partial charge is 0.493 e. The van der Waals surface area contributed by atoms with Crippen molar-refractivity contribution in [2.24, 2.45) is 0 Å². The van der Waals surface area contributed by atoms with E-state index in [1.54, 1.807) is 18.9 Å². The Morgan fingerprint density at radius 1 is 1.08 bits per heavy atom. The van der Waals surface area contributed by atoms with Gasteiger partial charge in [-0.05, 0) is 31.5 Å². The second kappa shape index (κ2) is 9.99. The Morgan fingerprint density at radius 2 is 1.76 bits per heavy atom. The minimum atomic E-state index is 0.0259. The monoisotopic (exact) mass is 359 g/mol. The minimum absolute atomic E-state index is 0.0259. The first kappa shape index (κ1) is 19.2. The van der Waals surface area contributed by atoms with Crippen LogP contribution in [0.1, 0.15) is 16.7 Å². The van der Waals surface area contributed by atoms with Crippen LogP contribution >= 0.6 is 11.8 Å². The Bertz CT molecular complexity index is 683. The summed E-state index contributed by atoms with van der Waals surface area (Å²) in [5.41, 5.74) is 3.77. The molecule has 0 bridgehead atoms. The van der Waals surface area contributed by atoms with Gasteiger partial charge in [-0.15, -0.1) is 11.8 Å². The molecule has 0 unspecified atom stereocenters. The summed E-state index contributed by atoms with van der Waals surface area (Å²) in [6.07, 6.45) is 0. The summed E-state index contributed by atoms with van der Waals surface area (Å²) < 4.78 is 10.9. The Hall–Kier alpha value is -2.14. The van der Waals surface area contributed by atoms with Crippen LogP contribution < -0.4 is 14.8 Å². The van der Waals surface area contributed by atoms with E-state index in [2.05, 4.69) is 37.4 Å². The predicted octanol–water partition coefficient (Wildman–Crippen LogP) is 3.74. The molecule has 0 atom stereocenters. The van der Waals surface area contributed by atoms with Crippen molar-refractivity contribution >= 4 is 17.7 Å². The fourth-order valence-corrected chi connectivity index (χ4v) is 3.35. The summed E-state index contributed by atoms with van der Waals surface area (Å²) in [5.74, 6) is 2.69. The van der Waals surface area contributed by atoms with Gasteiger partial charge in [0.05, 0.1) is 19.4 Å². The first-order valence-electron chi connectivity index (χ1n) is 8.26. The normalized spacial score (nSPS) is 10.4. The van der Waals surface area contributed by atoms with Crippen molar-refractivity contribution in [3.63, 3.8) is 0 Å². The van der Waals surface area contributed by atoms with Gasteiger partial charge < -0.3 is 14.8 Å². The third kappa shape index (κ3) is 6.70. The van der Waals surface area contributed by atoms with E-state index in [0.29, 0.717) is 30.4 Å². The van der Waals surface area contributed by atoms with E-state index in [0.717, 1.165) is 5.75 Å². The molecular weight excluding hydrogens is 334 g/mol. The highest BCUT2D eigenvalue weighted by molar-refractivity contribution is 7.99. The minimum Gasteiger partial charge on any atom is -0.493 e. The van der Waals surface area contributed by atoms with Gasteiger partial charge in [0.1, 0.15) is 6.61 Å². The highest BCUT2D eigenvalue weighted by Crippen LogP contribution is 2.25. The number of ether oxygens (including phenoxy) is 2. The number of aryl methyl sites for hydroxylation is 2. The molecule has 0 fully saturated rings. The van der Waals surface area contributed by atoms with Crippen molar-refractivity contribution in [2.75, 3.05) is 26.0 Å².